The predicted molar refractivity (Wildman–Crippen MR) is 103 cm³/mol. The molecule has 1 rings (SSSR count). The highest BCUT2D eigenvalue weighted by Gasteiger charge is 2.12. The van der Waals surface area contributed by atoms with E-state index in [1.165, 1.54) is 51.4 Å². The summed E-state index contributed by atoms with van der Waals surface area (Å²) in [6, 6.07) is 7.72. The average molecular weight is 382 g/mol. The third-order valence-corrected chi connectivity index (χ3v) is 4.72. The van der Waals surface area contributed by atoms with Gasteiger partial charge in [-0.15, -0.1) is 0 Å². The van der Waals surface area contributed by atoms with Crippen LogP contribution in [0.4, 0.5) is 0 Å². The van der Waals surface area contributed by atoms with Crippen LogP contribution in [-0.2, 0) is 0 Å². The van der Waals surface area contributed by atoms with Crippen LogP contribution in [0.1, 0.15) is 75.6 Å². The van der Waals surface area contributed by atoms with Gasteiger partial charge in [0.15, 0.2) is 5.78 Å². The summed E-state index contributed by atoms with van der Waals surface area (Å²) < 4.78 is 1.02. The Morgan fingerprint density at radius 3 is 1.87 bits per heavy atom. The second-order valence-electron chi connectivity index (χ2n) is 6.33. The first-order valence-corrected chi connectivity index (χ1v) is 9.97. The Morgan fingerprint density at radius 2 is 1.39 bits per heavy atom. The molecule has 0 aliphatic carbocycles. The van der Waals surface area contributed by atoms with Crippen LogP contribution in [0.5, 0.6) is 0 Å². The third-order valence-electron chi connectivity index (χ3n) is 4.19. The standard InChI is InChI=1S/C20H32BrNO/c1-3-5-7-9-15-22(16-10-8-6-4-2)17-20(23)18-11-13-19(21)14-12-18/h11-14H,3-10,15-17H2,1-2H3. The van der Waals surface area contributed by atoms with Gasteiger partial charge in [0, 0.05) is 10.0 Å². The summed E-state index contributed by atoms with van der Waals surface area (Å²) in [4.78, 5) is 14.8. The van der Waals surface area contributed by atoms with Crippen LogP contribution in [0.25, 0.3) is 0 Å². The topological polar surface area (TPSA) is 20.3 Å². The minimum absolute atomic E-state index is 0.239. The van der Waals surface area contributed by atoms with Crippen molar-refractivity contribution in [3.05, 3.63) is 34.3 Å². The van der Waals surface area contributed by atoms with Gasteiger partial charge in [-0.2, -0.15) is 0 Å². The number of hydrogen-bond donors (Lipinski definition) is 0. The van der Waals surface area contributed by atoms with E-state index in [1.807, 2.05) is 24.3 Å². The van der Waals surface area contributed by atoms with Gasteiger partial charge in [-0.25, -0.2) is 0 Å². The zero-order chi connectivity index (χ0) is 16.9. The number of rotatable bonds is 13. The van der Waals surface area contributed by atoms with Crippen molar-refractivity contribution in [3.63, 3.8) is 0 Å². The molecule has 0 aromatic heterocycles. The molecule has 0 saturated heterocycles. The van der Waals surface area contributed by atoms with Crippen molar-refractivity contribution in [1.82, 2.24) is 4.90 Å². The Bertz CT molecular complexity index is 418. The lowest BCUT2D eigenvalue weighted by molar-refractivity contribution is 0.0927. The number of ketones is 1. The van der Waals surface area contributed by atoms with Crippen LogP contribution in [0.2, 0.25) is 0 Å². The van der Waals surface area contributed by atoms with Crippen molar-refractivity contribution in [2.45, 2.75) is 65.2 Å². The van der Waals surface area contributed by atoms with Gasteiger partial charge in [0.05, 0.1) is 6.54 Å². The molecular formula is C20H32BrNO. The molecular weight excluding hydrogens is 350 g/mol. The van der Waals surface area contributed by atoms with Crippen molar-refractivity contribution < 1.29 is 4.79 Å². The van der Waals surface area contributed by atoms with Gasteiger partial charge in [0.25, 0.3) is 0 Å². The molecule has 0 saturated carbocycles. The zero-order valence-corrected chi connectivity index (χ0v) is 16.4. The zero-order valence-electron chi connectivity index (χ0n) is 14.8. The number of carbonyl (C=O) groups excluding carboxylic acids is 1. The minimum Gasteiger partial charge on any atom is -0.296 e. The molecule has 1 aromatic rings. The normalized spacial score (nSPS) is 11.1. The van der Waals surface area contributed by atoms with E-state index in [4.69, 9.17) is 0 Å². The van der Waals surface area contributed by atoms with Crippen LogP contribution in [0.15, 0.2) is 28.7 Å². The van der Waals surface area contributed by atoms with Gasteiger partial charge in [0.2, 0.25) is 0 Å². The van der Waals surface area contributed by atoms with E-state index in [2.05, 4.69) is 34.7 Å². The molecule has 2 nitrogen and oxygen atoms in total. The molecule has 1 aromatic carbocycles. The highest BCUT2D eigenvalue weighted by Crippen LogP contribution is 2.12. The number of carbonyl (C=O) groups is 1. The second-order valence-corrected chi connectivity index (χ2v) is 7.24. The van der Waals surface area contributed by atoms with Gasteiger partial charge in [-0.1, -0.05) is 80.4 Å². The summed E-state index contributed by atoms with van der Waals surface area (Å²) in [6.07, 6.45) is 10.1. The SMILES string of the molecule is CCCCCCN(CCCCCC)CC(=O)c1ccc(Br)cc1. The summed E-state index contributed by atoms with van der Waals surface area (Å²) >= 11 is 3.42. The number of halogens is 1. The van der Waals surface area contributed by atoms with Crippen molar-refractivity contribution in [3.8, 4) is 0 Å². The maximum atomic E-state index is 12.5. The summed E-state index contributed by atoms with van der Waals surface area (Å²) in [6.45, 7) is 7.13. The van der Waals surface area contributed by atoms with E-state index >= 15 is 0 Å². The number of Topliss-reactive ketones (excluding diaryl/α,β-unsaturated/α-hetero) is 1. The lowest BCUT2D eigenvalue weighted by Crippen LogP contribution is -2.32. The molecule has 0 radical (unpaired) electrons. The molecule has 0 aliphatic heterocycles. The van der Waals surface area contributed by atoms with E-state index in [-0.39, 0.29) is 5.78 Å². The molecule has 0 atom stereocenters. The first-order valence-electron chi connectivity index (χ1n) is 9.18. The predicted octanol–water partition coefficient (Wildman–Crippen LogP) is 6.09. The van der Waals surface area contributed by atoms with Crippen molar-refractivity contribution in [2.24, 2.45) is 0 Å². The van der Waals surface area contributed by atoms with Crippen LogP contribution in [-0.4, -0.2) is 30.3 Å². The first-order chi connectivity index (χ1) is 11.2. The van der Waals surface area contributed by atoms with Crippen molar-refractivity contribution in [2.75, 3.05) is 19.6 Å². The second kappa shape index (κ2) is 12.7. The number of nitrogens with zero attached hydrogens (tertiary/aromatic N) is 1. The smallest absolute Gasteiger partial charge is 0.176 e. The highest BCUT2D eigenvalue weighted by atomic mass is 79.9. The molecule has 0 spiro atoms. The molecule has 3 heteroatoms. The van der Waals surface area contributed by atoms with E-state index in [0.29, 0.717) is 6.54 Å². The van der Waals surface area contributed by atoms with Crippen LogP contribution >= 0.6 is 15.9 Å². The molecule has 0 amide bonds. The maximum absolute atomic E-state index is 12.5. The van der Waals surface area contributed by atoms with Crippen molar-refractivity contribution >= 4 is 21.7 Å². The monoisotopic (exact) mass is 381 g/mol. The Labute approximate surface area is 150 Å². The van der Waals surface area contributed by atoms with Crippen LogP contribution < -0.4 is 0 Å². The fourth-order valence-electron chi connectivity index (χ4n) is 2.72. The quantitative estimate of drug-likeness (QED) is 0.304. The lowest BCUT2D eigenvalue weighted by atomic mass is 10.1. The molecule has 130 valence electrons. The van der Waals surface area contributed by atoms with Gasteiger partial charge >= 0.3 is 0 Å². The van der Waals surface area contributed by atoms with Gasteiger partial charge in [-0.05, 0) is 38.1 Å². The molecule has 0 heterocycles. The van der Waals surface area contributed by atoms with E-state index in [1.54, 1.807) is 0 Å². The van der Waals surface area contributed by atoms with Crippen molar-refractivity contribution in [1.29, 1.82) is 0 Å². The third kappa shape index (κ3) is 9.26. The molecule has 0 unspecified atom stereocenters. The summed E-state index contributed by atoms with van der Waals surface area (Å²) in [7, 11) is 0. The molecule has 0 N–H and O–H groups in total. The van der Waals surface area contributed by atoms with Gasteiger partial charge in [-0.3, -0.25) is 9.69 Å². The molecule has 0 bridgehead atoms. The van der Waals surface area contributed by atoms with E-state index < -0.39 is 0 Å². The van der Waals surface area contributed by atoms with Gasteiger partial charge in [0.1, 0.15) is 0 Å². The molecule has 0 aliphatic rings. The van der Waals surface area contributed by atoms with Crippen LogP contribution in [0.3, 0.4) is 0 Å². The Hall–Kier alpha value is -0.670. The minimum atomic E-state index is 0.239. The molecule has 23 heavy (non-hydrogen) atoms. The lowest BCUT2D eigenvalue weighted by Gasteiger charge is -2.21. The fraction of sp³-hybridized carbons (Fsp3) is 0.650. The van der Waals surface area contributed by atoms with Gasteiger partial charge < -0.3 is 0 Å². The Morgan fingerprint density at radius 1 is 0.870 bits per heavy atom. The summed E-state index contributed by atoms with van der Waals surface area (Å²) in [5.41, 5.74) is 0.820. The average Bonchev–Trinajstić information content (AvgIpc) is 2.55. The van der Waals surface area contributed by atoms with E-state index in [9.17, 15) is 4.79 Å². The fourth-order valence-corrected chi connectivity index (χ4v) is 2.99. The van der Waals surface area contributed by atoms with Crippen LogP contribution in [0, 0.1) is 0 Å². The summed E-state index contributed by atoms with van der Waals surface area (Å²) in [5.74, 6) is 0.239. The summed E-state index contributed by atoms with van der Waals surface area (Å²) in [5, 5.41) is 0. The molecule has 0 fully saturated rings. The largest absolute Gasteiger partial charge is 0.296 e. The number of benzene rings is 1. The number of unbranched alkanes of at least 4 members (excludes halogenated alkanes) is 6. The van der Waals surface area contributed by atoms with E-state index in [0.717, 1.165) is 23.1 Å². The first kappa shape index (κ1) is 20.4. The maximum Gasteiger partial charge on any atom is 0.176 e. The number of hydrogen-bond acceptors (Lipinski definition) is 2. The Kier molecular flexibility index (Phi) is 11.3. The highest BCUT2D eigenvalue weighted by molar-refractivity contribution is 9.10. The Balaban J connectivity index is 2.48.